The van der Waals surface area contributed by atoms with Gasteiger partial charge in [0.25, 0.3) is 0 Å². The first kappa shape index (κ1) is 22.7. The first-order chi connectivity index (χ1) is 10.3. The zero-order valence-corrected chi connectivity index (χ0v) is 17.5. The van der Waals surface area contributed by atoms with Crippen molar-refractivity contribution < 1.29 is 22.4 Å². The second kappa shape index (κ2) is 10.5. The van der Waals surface area contributed by atoms with E-state index >= 15 is 0 Å². The summed E-state index contributed by atoms with van der Waals surface area (Å²) in [7, 11) is 2.25. The van der Waals surface area contributed by atoms with E-state index in [9.17, 15) is 0 Å². The van der Waals surface area contributed by atoms with Crippen molar-refractivity contribution in [2.24, 2.45) is 0 Å². The SMILES string of the molecule is CCCC[N-]C1CC(C)(C)N(C)C(C)(C)C1.[Au].[c-]1ncncn1. The second-order valence-electron chi connectivity index (χ2n) is 7.24. The van der Waals surface area contributed by atoms with Crippen molar-refractivity contribution in [2.45, 2.75) is 77.4 Å². The maximum Gasteiger partial charge on any atom is 0.0241 e. The summed E-state index contributed by atoms with van der Waals surface area (Å²) in [6.45, 7) is 12.7. The van der Waals surface area contributed by atoms with Crippen LogP contribution in [0.25, 0.3) is 5.32 Å². The van der Waals surface area contributed by atoms with E-state index in [2.05, 4.69) is 67.8 Å². The Balaban J connectivity index is 0.000000581. The number of hydrogen-bond donors (Lipinski definition) is 0. The molecule has 137 valence electrons. The van der Waals surface area contributed by atoms with Crippen molar-refractivity contribution in [1.29, 1.82) is 0 Å². The van der Waals surface area contributed by atoms with Crippen LogP contribution >= 0.6 is 0 Å². The minimum Gasteiger partial charge on any atom is -0.659 e. The normalized spacial score (nSPS) is 20.1. The predicted octanol–water partition coefficient (Wildman–Crippen LogP) is 3.48. The molecule has 0 spiro atoms. The van der Waals surface area contributed by atoms with Gasteiger partial charge in [-0.15, -0.1) is 12.6 Å². The van der Waals surface area contributed by atoms with Crippen molar-refractivity contribution in [3.63, 3.8) is 0 Å². The summed E-state index contributed by atoms with van der Waals surface area (Å²) >= 11 is 0. The van der Waals surface area contributed by atoms with Crippen molar-refractivity contribution in [3.05, 3.63) is 24.3 Å². The third kappa shape index (κ3) is 7.86. The topological polar surface area (TPSA) is 56.0 Å². The van der Waals surface area contributed by atoms with Gasteiger partial charge in [-0.25, -0.2) is 0 Å². The first-order valence-corrected chi connectivity index (χ1v) is 8.18. The molecule has 6 heteroatoms. The van der Waals surface area contributed by atoms with E-state index in [0.29, 0.717) is 6.04 Å². The zero-order chi connectivity index (χ0) is 16.6. The maximum absolute atomic E-state index is 4.87. The summed E-state index contributed by atoms with van der Waals surface area (Å²) in [5.41, 5.74) is 0.560. The molecule has 0 saturated carbocycles. The van der Waals surface area contributed by atoms with Gasteiger partial charge in [0.2, 0.25) is 0 Å². The average Bonchev–Trinajstić information content (AvgIpc) is 2.47. The van der Waals surface area contributed by atoms with Crippen LogP contribution in [-0.2, 0) is 22.4 Å². The molecule has 1 radical (unpaired) electrons. The molecule has 0 amide bonds. The molecule has 1 saturated heterocycles. The monoisotopic (exact) mass is 502 g/mol. The van der Waals surface area contributed by atoms with E-state index in [1.807, 2.05) is 0 Å². The molecule has 0 aromatic carbocycles. The summed E-state index contributed by atoms with van der Waals surface area (Å²) in [5, 5.41) is 4.87. The molecule has 23 heavy (non-hydrogen) atoms. The molecule has 0 aliphatic carbocycles. The molecule has 1 aliphatic heterocycles. The van der Waals surface area contributed by atoms with Gasteiger partial charge in [-0.2, -0.15) is 0 Å². The number of hydrogen-bond acceptors (Lipinski definition) is 4. The van der Waals surface area contributed by atoms with Crippen LogP contribution in [0.4, 0.5) is 0 Å². The molecule has 0 atom stereocenters. The van der Waals surface area contributed by atoms with Gasteiger partial charge in [-0.3, -0.25) is 4.90 Å². The van der Waals surface area contributed by atoms with Crippen LogP contribution in [0.5, 0.6) is 0 Å². The fraction of sp³-hybridized carbons (Fsp3) is 0.824. The number of rotatable bonds is 4. The molecule has 1 fully saturated rings. The summed E-state index contributed by atoms with van der Waals surface area (Å²) in [6, 6.07) is 0.563. The third-order valence-corrected chi connectivity index (χ3v) is 4.55. The Bertz CT molecular complexity index is 366. The number of piperidine rings is 1. The zero-order valence-electron chi connectivity index (χ0n) is 15.3. The van der Waals surface area contributed by atoms with Gasteiger partial charge in [-0.05, 0) is 34.7 Å². The molecular weight excluding hydrogens is 471 g/mol. The van der Waals surface area contributed by atoms with Gasteiger partial charge in [-0.1, -0.05) is 32.6 Å². The van der Waals surface area contributed by atoms with E-state index in [4.69, 9.17) is 5.32 Å². The molecule has 5 nitrogen and oxygen atoms in total. The number of aromatic nitrogens is 3. The van der Waals surface area contributed by atoms with Crippen LogP contribution in [-0.4, -0.2) is 50.6 Å². The van der Waals surface area contributed by atoms with Crippen LogP contribution in [0.3, 0.4) is 0 Å². The van der Waals surface area contributed by atoms with Gasteiger partial charge < -0.3 is 20.3 Å². The van der Waals surface area contributed by atoms with Crippen molar-refractivity contribution in [3.8, 4) is 0 Å². The minimum absolute atomic E-state index is 0. The van der Waals surface area contributed by atoms with Crippen molar-refractivity contribution in [2.75, 3.05) is 13.6 Å². The molecule has 2 heterocycles. The minimum atomic E-state index is 0. The van der Waals surface area contributed by atoms with E-state index < -0.39 is 0 Å². The molecule has 1 aliphatic rings. The van der Waals surface area contributed by atoms with Crippen LogP contribution < -0.4 is 0 Å². The molecule has 1 aromatic heterocycles. The van der Waals surface area contributed by atoms with E-state index in [1.165, 1.54) is 38.3 Å². The second-order valence-corrected chi connectivity index (χ2v) is 7.24. The first-order valence-electron chi connectivity index (χ1n) is 8.18. The Hall–Kier alpha value is -0.330. The van der Waals surface area contributed by atoms with E-state index in [1.54, 1.807) is 0 Å². The van der Waals surface area contributed by atoms with Gasteiger partial charge in [0, 0.05) is 52.4 Å². The van der Waals surface area contributed by atoms with Crippen molar-refractivity contribution in [1.82, 2.24) is 19.9 Å². The van der Waals surface area contributed by atoms with Crippen LogP contribution in [0.2, 0.25) is 0 Å². The average molecular weight is 502 g/mol. The van der Waals surface area contributed by atoms with Gasteiger partial charge >= 0.3 is 0 Å². The summed E-state index contributed by atoms with van der Waals surface area (Å²) < 4.78 is 0. The predicted molar refractivity (Wildman–Crippen MR) is 90.7 cm³/mol. The standard InChI is InChI=1S/C14H29N2.C3H2N3.Au/c1-7-8-9-15-12-10-13(2,3)16(6)14(4,5)11-12;1-4-2-6-3-5-1;/h12H,7-11H2,1-6H3;1-2H;/q2*-1;. The summed E-state index contributed by atoms with van der Waals surface area (Å²) in [5.74, 6) is 0. The molecule has 0 bridgehead atoms. The molecule has 1 aromatic rings. The number of unbranched alkanes of at least 4 members (excludes halogenated alkanes) is 1. The van der Waals surface area contributed by atoms with Gasteiger partial charge in [0.15, 0.2) is 0 Å². The maximum atomic E-state index is 4.87. The number of nitrogens with zero attached hydrogens (tertiary/aromatic N) is 5. The molecular formula is C17H31AuN5-2. The Morgan fingerprint density at radius 3 is 2.00 bits per heavy atom. The quantitative estimate of drug-likeness (QED) is 0.360. The Morgan fingerprint density at radius 2 is 1.65 bits per heavy atom. The Labute approximate surface area is 157 Å². The van der Waals surface area contributed by atoms with Crippen LogP contribution in [0.1, 0.15) is 60.3 Å². The van der Waals surface area contributed by atoms with Gasteiger partial charge in [0.05, 0.1) is 0 Å². The summed E-state index contributed by atoms with van der Waals surface area (Å²) in [4.78, 5) is 12.9. The molecule has 0 N–H and O–H groups in total. The Kier molecular flexibility index (Phi) is 10.4. The third-order valence-electron chi connectivity index (χ3n) is 4.55. The largest absolute Gasteiger partial charge is 0.659 e. The van der Waals surface area contributed by atoms with Crippen molar-refractivity contribution >= 4 is 0 Å². The van der Waals surface area contributed by atoms with Gasteiger partial charge in [0.1, 0.15) is 0 Å². The van der Waals surface area contributed by atoms with Crippen LogP contribution in [0.15, 0.2) is 12.7 Å². The fourth-order valence-electron chi connectivity index (χ4n) is 3.06. The number of likely N-dealkylation sites (tertiary alicyclic amines) is 1. The smallest absolute Gasteiger partial charge is 0.0241 e. The van der Waals surface area contributed by atoms with E-state index in [-0.39, 0.29) is 33.5 Å². The fourth-order valence-corrected chi connectivity index (χ4v) is 3.06. The Morgan fingerprint density at radius 1 is 1.13 bits per heavy atom. The van der Waals surface area contributed by atoms with Crippen LogP contribution in [0, 0.1) is 6.33 Å². The molecule has 2 rings (SSSR count). The van der Waals surface area contributed by atoms with E-state index in [0.717, 1.165) is 6.54 Å². The summed E-state index contributed by atoms with van der Waals surface area (Å²) in [6.07, 6.45) is 10.00. The molecule has 0 unspecified atom stereocenters.